The van der Waals surface area contributed by atoms with Crippen LogP contribution in [0.5, 0.6) is 0 Å². The highest BCUT2D eigenvalue weighted by Gasteiger charge is 2.32. The molecule has 140 valence electrons. The van der Waals surface area contributed by atoms with Gasteiger partial charge in [-0.3, -0.25) is 14.7 Å². The van der Waals surface area contributed by atoms with Crippen LogP contribution in [0.25, 0.3) is 0 Å². The molecule has 0 aromatic rings. The van der Waals surface area contributed by atoms with Crippen molar-refractivity contribution in [2.45, 2.75) is 33.6 Å². The summed E-state index contributed by atoms with van der Waals surface area (Å²) in [6.07, 6.45) is 2.56. The van der Waals surface area contributed by atoms with Gasteiger partial charge in [0, 0.05) is 58.3 Å². The molecule has 1 aliphatic heterocycles. The van der Waals surface area contributed by atoms with Gasteiger partial charge in [0.15, 0.2) is 10.9 Å². The summed E-state index contributed by atoms with van der Waals surface area (Å²) >= 11 is 5.34. The number of piperazine rings is 1. The van der Waals surface area contributed by atoms with Crippen LogP contribution in [0.2, 0.25) is 0 Å². The molecular weight excluding hydrogens is 336 g/mol. The average Bonchev–Trinajstić information content (AvgIpc) is 2.53. The fourth-order valence-electron chi connectivity index (χ4n) is 3.24. The predicted molar refractivity (Wildman–Crippen MR) is 105 cm³/mol. The third kappa shape index (κ3) is 5.78. The smallest absolute Gasteiger partial charge is 0.169 e. The van der Waals surface area contributed by atoms with Gasteiger partial charge in [-0.15, -0.1) is 0 Å². The Morgan fingerprint density at radius 3 is 2.60 bits per heavy atom. The van der Waals surface area contributed by atoms with E-state index < -0.39 is 0 Å². The Morgan fingerprint density at radius 1 is 1.32 bits per heavy atom. The number of Topliss-reactive ketones (excluding diaryl/α,β-unsaturated/α-hetero) is 1. The SMILES string of the molecule is CCNC(=S)N1CCN(CCN=CC2=C(O)CC(C)(C)CC2=O)CC1. The van der Waals surface area contributed by atoms with Crippen molar-refractivity contribution < 1.29 is 9.90 Å². The van der Waals surface area contributed by atoms with Crippen LogP contribution in [0.15, 0.2) is 16.3 Å². The van der Waals surface area contributed by atoms with Gasteiger partial charge in [0.2, 0.25) is 0 Å². The molecular formula is C18H30N4O2S. The Bertz CT molecular complexity index is 563. The van der Waals surface area contributed by atoms with E-state index in [0.717, 1.165) is 44.4 Å². The zero-order chi connectivity index (χ0) is 18.4. The van der Waals surface area contributed by atoms with E-state index in [1.165, 1.54) is 0 Å². The van der Waals surface area contributed by atoms with Crippen molar-refractivity contribution in [2.75, 3.05) is 45.8 Å². The summed E-state index contributed by atoms with van der Waals surface area (Å²) in [6.45, 7) is 12.1. The first-order valence-corrected chi connectivity index (χ1v) is 9.43. The van der Waals surface area contributed by atoms with Crippen molar-refractivity contribution in [3.8, 4) is 0 Å². The number of nitrogens with zero attached hydrogens (tertiary/aromatic N) is 3. The van der Waals surface area contributed by atoms with E-state index in [4.69, 9.17) is 12.2 Å². The lowest BCUT2D eigenvalue weighted by molar-refractivity contribution is -0.117. The molecule has 2 rings (SSSR count). The minimum atomic E-state index is -0.161. The topological polar surface area (TPSA) is 68.2 Å². The standard InChI is InChI=1S/C18H30N4O2S/c1-4-20-17(25)22-9-7-21(8-10-22)6-5-19-13-14-15(23)11-18(2,3)12-16(14)24/h13,23H,4-12H2,1-3H3,(H,20,25). The van der Waals surface area contributed by atoms with E-state index >= 15 is 0 Å². The van der Waals surface area contributed by atoms with Gasteiger partial charge < -0.3 is 15.3 Å². The zero-order valence-corrected chi connectivity index (χ0v) is 16.4. The molecule has 25 heavy (non-hydrogen) atoms. The van der Waals surface area contributed by atoms with Crippen LogP contribution in [-0.2, 0) is 4.79 Å². The third-order valence-electron chi connectivity index (χ3n) is 4.65. The summed E-state index contributed by atoms with van der Waals surface area (Å²) in [4.78, 5) is 21.0. The minimum Gasteiger partial charge on any atom is -0.511 e. The van der Waals surface area contributed by atoms with E-state index in [1.54, 1.807) is 6.21 Å². The van der Waals surface area contributed by atoms with Crippen molar-refractivity contribution in [1.29, 1.82) is 0 Å². The summed E-state index contributed by atoms with van der Waals surface area (Å²) in [6, 6.07) is 0. The zero-order valence-electron chi connectivity index (χ0n) is 15.5. The highest BCUT2D eigenvalue weighted by molar-refractivity contribution is 7.80. The number of hydrogen-bond acceptors (Lipinski definition) is 5. The molecule has 7 heteroatoms. The molecule has 0 spiro atoms. The van der Waals surface area contributed by atoms with E-state index in [2.05, 4.69) is 20.1 Å². The molecule has 2 aliphatic rings. The second-order valence-electron chi connectivity index (χ2n) is 7.50. The maximum Gasteiger partial charge on any atom is 0.169 e. The first kappa shape index (κ1) is 19.8. The van der Waals surface area contributed by atoms with Crippen LogP contribution in [0.1, 0.15) is 33.6 Å². The Kier molecular flexibility index (Phi) is 6.95. The number of thiocarbonyl (C=S) groups is 1. The molecule has 1 heterocycles. The first-order valence-electron chi connectivity index (χ1n) is 9.02. The fraction of sp³-hybridized carbons (Fsp3) is 0.722. The summed E-state index contributed by atoms with van der Waals surface area (Å²) in [7, 11) is 0. The Labute approximate surface area is 156 Å². The van der Waals surface area contributed by atoms with Gasteiger partial charge >= 0.3 is 0 Å². The predicted octanol–water partition coefficient (Wildman–Crippen LogP) is 1.77. The highest BCUT2D eigenvalue weighted by Crippen LogP contribution is 2.35. The van der Waals surface area contributed by atoms with E-state index in [0.29, 0.717) is 25.0 Å². The molecule has 0 radical (unpaired) electrons. The molecule has 2 N–H and O–H groups in total. The van der Waals surface area contributed by atoms with Gasteiger partial charge in [0.25, 0.3) is 0 Å². The number of carbonyl (C=O) groups excluding carboxylic acids is 1. The Balaban J connectivity index is 1.75. The second kappa shape index (κ2) is 8.76. The molecule has 0 atom stereocenters. The molecule has 0 saturated carbocycles. The van der Waals surface area contributed by atoms with Crippen molar-refractivity contribution in [3.05, 3.63) is 11.3 Å². The molecule has 0 bridgehead atoms. The van der Waals surface area contributed by atoms with Gasteiger partial charge in [0.05, 0.1) is 12.1 Å². The van der Waals surface area contributed by atoms with Crippen LogP contribution in [0, 0.1) is 5.41 Å². The van der Waals surface area contributed by atoms with Gasteiger partial charge in [-0.1, -0.05) is 13.8 Å². The van der Waals surface area contributed by atoms with Crippen LogP contribution >= 0.6 is 12.2 Å². The first-order chi connectivity index (χ1) is 11.8. The fourth-order valence-corrected chi connectivity index (χ4v) is 3.57. The van der Waals surface area contributed by atoms with Crippen LogP contribution in [-0.4, -0.2) is 77.8 Å². The number of ketones is 1. The van der Waals surface area contributed by atoms with Crippen molar-refractivity contribution in [2.24, 2.45) is 10.4 Å². The lowest BCUT2D eigenvalue weighted by Gasteiger charge is -2.35. The quantitative estimate of drug-likeness (QED) is 0.571. The summed E-state index contributed by atoms with van der Waals surface area (Å²) < 4.78 is 0. The highest BCUT2D eigenvalue weighted by atomic mass is 32.1. The van der Waals surface area contributed by atoms with Crippen LogP contribution in [0.4, 0.5) is 0 Å². The molecule has 0 aromatic carbocycles. The number of rotatable bonds is 5. The molecule has 1 fully saturated rings. The molecule has 0 unspecified atom stereocenters. The van der Waals surface area contributed by atoms with E-state index in [9.17, 15) is 9.90 Å². The normalized spacial score (nSPS) is 21.9. The summed E-state index contributed by atoms with van der Waals surface area (Å²) in [5.74, 6) is 0.165. The van der Waals surface area contributed by atoms with Gasteiger partial charge in [-0.05, 0) is 24.6 Å². The molecule has 0 amide bonds. The maximum absolute atomic E-state index is 12.1. The van der Waals surface area contributed by atoms with Gasteiger partial charge in [0.1, 0.15) is 5.76 Å². The van der Waals surface area contributed by atoms with Crippen molar-refractivity contribution >= 4 is 29.3 Å². The van der Waals surface area contributed by atoms with E-state index in [1.807, 2.05) is 20.8 Å². The lowest BCUT2D eigenvalue weighted by atomic mass is 9.77. The number of allylic oxidation sites excluding steroid dienone is 2. The monoisotopic (exact) mass is 366 g/mol. The lowest BCUT2D eigenvalue weighted by Crippen LogP contribution is -2.52. The van der Waals surface area contributed by atoms with Gasteiger partial charge in [-0.25, -0.2) is 0 Å². The molecule has 6 nitrogen and oxygen atoms in total. The van der Waals surface area contributed by atoms with Crippen molar-refractivity contribution in [3.63, 3.8) is 0 Å². The molecule has 1 aliphatic carbocycles. The Morgan fingerprint density at radius 2 is 2.00 bits per heavy atom. The second-order valence-corrected chi connectivity index (χ2v) is 7.89. The van der Waals surface area contributed by atoms with E-state index in [-0.39, 0.29) is 17.0 Å². The summed E-state index contributed by atoms with van der Waals surface area (Å²) in [5, 5.41) is 14.1. The van der Waals surface area contributed by atoms with Crippen LogP contribution < -0.4 is 5.32 Å². The number of hydrogen-bond donors (Lipinski definition) is 2. The van der Waals surface area contributed by atoms with Crippen molar-refractivity contribution in [1.82, 2.24) is 15.1 Å². The Hall–Kier alpha value is -1.47. The molecule has 0 aromatic heterocycles. The number of carbonyl (C=O) groups is 1. The summed E-state index contributed by atoms with van der Waals surface area (Å²) in [5.41, 5.74) is 0.228. The van der Waals surface area contributed by atoms with Crippen LogP contribution in [0.3, 0.4) is 0 Å². The number of aliphatic hydroxyl groups is 1. The van der Waals surface area contributed by atoms with Gasteiger partial charge in [-0.2, -0.15) is 0 Å². The largest absolute Gasteiger partial charge is 0.511 e. The maximum atomic E-state index is 12.1. The minimum absolute atomic E-state index is 0.0111. The number of nitrogens with one attached hydrogen (secondary N) is 1. The number of aliphatic imine (C=N–C) groups is 1. The third-order valence-corrected chi connectivity index (χ3v) is 5.05. The average molecular weight is 367 g/mol. The molecule has 1 saturated heterocycles. The number of aliphatic hydroxyl groups excluding tert-OH is 1.